The highest BCUT2D eigenvalue weighted by Crippen LogP contribution is 2.28. The SMILES string of the molecule is C=C(C)C(=C)c1ccc2ccccc2c1C. The maximum absolute atomic E-state index is 4.09. The van der Waals surface area contributed by atoms with Crippen LogP contribution in [0.2, 0.25) is 0 Å². The highest BCUT2D eigenvalue weighted by molar-refractivity contribution is 5.92. The van der Waals surface area contributed by atoms with Crippen molar-refractivity contribution in [2.24, 2.45) is 0 Å². The van der Waals surface area contributed by atoms with E-state index in [0.29, 0.717) is 0 Å². The van der Waals surface area contributed by atoms with Gasteiger partial charge in [0.2, 0.25) is 0 Å². The minimum absolute atomic E-state index is 1.03. The van der Waals surface area contributed by atoms with Gasteiger partial charge in [0.05, 0.1) is 0 Å². The monoisotopic (exact) mass is 208 g/mol. The van der Waals surface area contributed by atoms with E-state index in [4.69, 9.17) is 0 Å². The van der Waals surface area contributed by atoms with Crippen LogP contribution in [0, 0.1) is 6.92 Å². The molecule has 0 fully saturated rings. The van der Waals surface area contributed by atoms with Gasteiger partial charge in [-0.05, 0) is 41.3 Å². The van der Waals surface area contributed by atoms with Crippen LogP contribution in [-0.4, -0.2) is 0 Å². The molecule has 0 nitrogen and oxygen atoms in total. The van der Waals surface area contributed by atoms with Gasteiger partial charge in [0, 0.05) is 0 Å². The van der Waals surface area contributed by atoms with E-state index in [9.17, 15) is 0 Å². The Morgan fingerprint density at radius 2 is 1.69 bits per heavy atom. The summed E-state index contributed by atoms with van der Waals surface area (Å²) in [6.45, 7) is 12.2. The van der Waals surface area contributed by atoms with E-state index in [2.05, 4.69) is 56.5 Å². The zero-order chi connectivity index (χ0) is 11.7. The zero-order valence-corrected chi connectivity index (χ0v) is 9.88. The van der Waals surface area contributed by atoms with Gasteiger partial charge >= 0.3 is 0 Å². The summed E-state index contributed by atoms with van der Waals surface area (Å²) < 4.78 is 0. The average Bonchev–Trinajstić information content (AvgIpc) is 2.29. The van der Waals surface area contributed by atoms with Crippen molar-refractivity contribution in [2.45, 2.75) is 13.8 Å². The molecule has 0 aliphatic carbocycles. The molecule has 0 aliphatic rings. The molecule has 0 atom stereocenters. The highest BCUT2D eigenvalue weighted by Gasteiger charge is 2.06. The molecule has 2 rings (SSSR count). The normalized spacial score (nSPS) is 10.4. The molecule has 0 spiro atoms. The summed E-state index contributed by atoms with van der Waals surface area (Å²) >= 11 is 0. The van der Waals surface area contributed by atoms with Gasteiger partial charge in [-0.15, -0.1) is 0 Å². The highest BCUT2D eigenvalue weighted by atomic mass is 14.1. The minimum atomic E-state index is 1.03. The topological polar surface area (TPSA) is 0 Å². The number of hydrogen-bond acceptors (Lipinski definition) is 0. The van der Waals surface area contributed by atoms with Crippen molar-refractivity contribution in [2.75, 3.05) is 0 Å². The first-order valence-electron chi connectivity index (χ1n) is 5.45. The van der Waals surface area contributed by atoms with E-state index in [1.54, 1.807) is 0 Å². The maximum atomic E-state index is 4.09. The van der Waals surface area contributed by atoms with E-state index < -0.39 is 0 Å². The van der Waals surface area contributed by atoms with E-state index in [1.807, 2.05) is 6.92 Å². The summed E-state index contributed by atoms with van der Waals surface area (Å²) in [6.07, 6.45) is 0. The molecule has 0 radical (unpaired) electrons. The Labute approximate surface area is 96.9 Å². The molecule has 0 aromatic heterocycles. The Hall–Kier alpha value is -1.82. The van der Waals surface area contributed by atoms with E-state index in [1.165, 1.54) is 21.9 Å². The first-order chi connectivity index (χ1) is 7.61. The van der Waals surface area contributed by atoms with Crippen molar-refractivity contribution in [3.8, 4) is 0 Å². The largest absolute Gasteiger partial charge is 0.0955 e. The summed E-state index contributed by atoms with van der Waals surface area (Å²) in [5, 5.41) is 2.57. The van der Waals surface area contributed by atoms with E-state index in [-0.39, 0.29) is 0 Å². The third kappa shape index (κ3) is 1.67. The van der Waals surface area contributed by atoms with Gasteiger partial charge in [-0.2, -0.15) is 0 Å². The van der Waals surface area contributed by atoms with Gasteiger partial charge in [0.15, 0.2) is 0 Å². The molecule has 0 saturated heterocycles. The molecule has 2 aromatic rings. The van der Waals surface area contributed by atoms with Crippen molar-refractivity contribution in [1.29, 1.82) is 0 Å². The predicted octanol–water partition coefficient (Wildman–Crippen LogP) is 4.74. The molecule has 0 unspecified atom stereocenters. The molecule has 80 valence electrons. The molecule has 0 bridgehead atoms. The van der Waals surface area contributed by atoms with Gasteiger partial charge in [-0.3, -0.25) is 0 Å². The van der Waals surface area contributed by atoms with Crippen molar-refractivity contribution in [3.05, 3.63) is 66.3 Å². The van der Waals surface area contributed by atoms with Crippen LogP contribution in [0.25, 0.3) is 16.3 Å². The zero-order valence-electron chi connectivity index (χ0n) is 9.88. The number of benzene rings is 2. The number of aryl methyl sites for hydroxylation is 1. The number of rotatable bonds is 2. The second-order valence-electron chi connectivity index (χ2n) is 4.22. The van der Waals surface area contributed by atoms with Crippen LogP contribution < -0.4 is 0 Å². The van der Waals surface area contributed by atoms with Crippen LogP contribution in [0.15, 0.2) is 55.1 Å². The van der Waals surface area contributed by atoms with Gasteiger partial charge in [-0.25, -0.2) is 0 Å². The molecule has 0 amide bonds. The fourth-order valence-corrected chi connectivity index (χ4v) is 1.98. The van der Waals surface area contributed by atoms with Crippen LogP contribution in [0.5, 0.6) is 0 Å². The van der Waals surface area contributed by atoms with Crippen LogP contribution in [0.4, 0.5) is 0 Å². The lowest BCUT2D eigenvalue weighted by molar-refractivity contribution is 1.45. The lowest BCUT2D eigenvalue weighted by atomic mass is 9.93. The van der Waals surface area contributed by atoms with Crippen LogP contribution >= 0.6 is 0 Å². The third-order valence-electron chi connectivity index (χ3n) is 3.04. The maximum Gasteiger partial charge on any atom is -0.0149 e. The minimum Gasteiger partial charge on any atom is -0.0955 e. The fraction of sp³-hybridized carbons (Fsp3) is 0.125. The van der Waals surface area contributed by atoms with E-state index >= 15 is 0 Å². The van der Waals surface area contributed by atoms with Crippen LogP contribution in [0.1, 0.15) is 18.1 Å². The number of allylic oxidation sites excluding steroid dienone is 2. The Kier molecular flexibility index (Phi) is 2.66. The van der Waals surface area contributed by atoms with Crippen molar-refractivity contribution in [3.63, 3.8) is 0 Å². The molecule has 2 aromatic carbocycles. The third-order valence-corrected chi connectivity index (χ3v) is 3.04. The standard InChI is InChI=1S/C16H16/c1-11(2)12(3)15-10-9-14-7-5-6-8-16(14)13(15)4/h5-10H,1,3H2,2,4H3. The van der Waals surface area contributed by atoms with Crippen LogP contribution in [0.3, 0.4) is 0 Å². The van der Waals surface area contributed by atoms with Crippen LogP contribution in [-0.2, 0) is 0 Å². The first kappa shape index (κ1) is 10.7. The molecule has 0 aliphatic heterocycles. The second kappa shape index (κ2) is 3.97. The predicted molar refractivity (Wildman–Crippen MR) is 72.5 cm³/mol. The fourth-order valence-electron chi connectivity index (χ4n) is 1.98. The molecule has 0 N–H and O–H groups in total. The first-order valence-corrected chi connectivity index (χ1v) is 5.45. The Bertz CT molecular complexity index is 574. The van der Waals surface area contributed by atoms with Gasteiger partial charge in [0.25, 0.3) is 0 Å². The molecular formula is C16H16. The van der Waals surface area contributed by atoms with Crippen molar-refractivity contribution < 1.29 is 0 Å². The Morgan fingerprint density at radius 1 is 1.00 bits per heavy atom. The molecular weight excluding hydrogens is 192 g/mol. The molecule has 16 heavy (non-hydrogen) atoms. The Balaban J connectivity index is 2.70. The van der Waals surface area contributed by atoms with Gasteiger partial charge in [0.1, 0.15) is 0 Å². The lowest BCUT2D eigenvalue weighted by Gasteiger charge is -2.11. The quantitative estimate of drug-likeness (QED) is 0.625. The number of hydrogen-bond donors (Lipinski definition) is 0. The second-order valence-corrected chi connectivity index (χ2v) is 4.22. The molecule has 0 saturated carbocycles. The number of fused-ring (bicyclic) bond motifs is 1. The summed E-state index contributed by atoms with van der Waals surface area (Å²) in [5.74, 6) is 0. The van der Waals surface area contributed by atoms with E-state index in [0.717, 1.165) is 11.1 Å². The summed E-state index contributed by atoms with van der Waals surface area (Å²) in [5.41, 5.74) is 4.54. The molecule has 0 heterocycles. The summed E-state index contributed by atoms with van der Waals surface area (Å²) in [4.78, 5) is 0. The van der Waals surface area contributed by atoms with Gasteiger partial charge in [-0.1, -0.05) is 55.1 Å². The Morgan fingerprint density at radius 3 is 2.38 bits per heavy atom. The lowest BCUT2D eigenvalue weighted by Crippen LogP contribution is -1.90. The van der Waals surface area contributed by atoms with Gasteiger partial charge < -0.3 is 0 Å². The average molecular weight is 208 g/mol. The van der Waals surface area contributed by atoms with Crippen molar-refractivity contribution >= 4 is 16.3 Å². The van der Waals surface area contributed by atoms with Crippen molar-refractivity contribution in [1.82, 2.24) is 0 Å². The molecule has 0 heteroatoms. The summed E-state index contributed by atoms with van der Waals surface area (Å²) in [7, 11) is 0. The smallest absolute Gasteiger partial charge is 0.0149 e. The summed E-state index contributed by atoms with van der Waals surface area (Å²) in [6, 6.07) is 12.7.